The molecule has 0 heterocycles. The summed E-state index contributed by atoms with van der Waals surface area (Å²) >= 11 is 0. The number of ketones is 1. The van der Waals surface area contributed by atoms with Crippen LogP contribution in [0.5, 0.6) is 0 Å². The Bertz CT molecular complexity index is 827. The lowest BCUT2D eigenvalue weighted by Gasteiger charge is -2.50. The van der Waals surface area contributed by atoms with E-state index in [-0.39, 0.29) is 29.0 Å². The molecule has 0 radical (unpaired) electrons. The van der Waals surface area contributed by atoms with Gasteiger partial charge in [0.15, 0.2) is 11.6 Å². The number of fused-ring (bicyclic) bond motifs is 3. The Balaban J connectivity index is 1.89. The zero-order valence-electron chi connectivity index (χ0n) is 23.2. The van der Waals surface area contributed by atoms with Crippen molar-refractivity contribution in [3.05, 3.63) is 23.8 Å². The molecular weight excluding hydrogens is 440 g/mol. The van der Waals surface area contributed by atoms with Crippen molar-refractivity contribution < 1.29 is 24.9 Å². The lowest BCUT2D eigenvalue weighted by Crippen LogP contribution is -2.49. The summed E-state index contributed by atoms with van der Waals surface area (Å²) < 4.78 is 6.34. The quantitative estimate of drug-likeness (QED) is 0.307. The first-order valence-corrected chi connectivity index (χ1v) is 13.8. The van der Waals surface area contributed by atoms with Crippen molar-refractivity contribution in [3.63, 3.8) is 0 Å². The van der Waals surface area contributed by atoms with Crippen LogP contribution in [-0.2, 0) is 9.53 Å². The Kier molecular flexibility index (Phi) is 8.19. The molecule has 200 valence electrons. The number of carbonyl (C=O) groups is 1. The van der Waals surface area contributed by atoms with E-state index in [4.69, 9.17) is 4.74 Å². The van der Waals surface area contributed by atoms with Crippen LogP contribution in [-0.4, -0.2) is 43.7 Å². The molecule has 3 aliphatic carbocycles. The predicted octanol–water partition coefficient (Wildman–Crippen LogP) is 5.86. The summed E-state index contributed by atoms with van der Waals surface area (Å²) in [5.74, 6) is -0.781. The normalized spacial score (nSPS) is 36.2. The summed E-state index contributed by atoms with van der Waals surface area (Å²) in [6, 6.07) is 0. The van der Waals surface area contributed by atoms with E-state index in [1.54, 1.807) is 19.9 Å². The molecule has 0 aromatic heterocycles. The fraction of sp³-hybridized carbons (Fsp3) is 0.833. The highest BCUT2D eigenvalue weighted by Crippen LogP contribution is 2.55. The molecule has 0 saturated heterocycles. The van der Waals surface area contributed by atoms with E-state index < -0.39 is 22.6 Å². The molecule has 0 amide bonds. The van der Waals surface area contributed by atoms with Gasteiger partial charge >= 0.3 is 0 Å². The van der Waals surface area contributed by atoms with E-state index in [0.29, 0.717) is 12.8 Å². The molecule has 5 heteroatoms. The monoisotopic (exact) mass is 490 g/mol. The average molecular weight is 491 g/mol. The van der Waals surface area contributed by atoms with Crippen molar-refractivity contribution in [2.24, 2.45) is 23.2 Å². The van der Waals surface area contributed by atoms with Gasteiger partial charge in [0.2, 0.25) is 0 Å². The summed E-state index contributed by atoms with van der Waals surface area (Å²) in [4.78, 5) is 13.2. The second-order valence-corrected chi connectivity index (χ2v) is 13.5. The number of hydrogen-bond acceptors (Lipinski definition) is 5. The van der Waals surface area contributed by atoms with Crippen molar-refractivity contribution in [1.29, 1.82) is 0 Å². The van der Waals surface area contributed by atoms with Gasteiger partial charge < -0.3 is 20.1 Å². The van der Waals surface area contributed by atoms with Crippen LogP contribution in [0.4, 0.5) is 0 Å². The highest BCUT2D eigenvalue weighted by atomic mass is 16.6. The van der Waals surface area contributed by atoms with E-state index in [1.165, 1.54) is 0 Å². The number of aliphatic hydroxyl groups is 3. The second kappa shape index (κ2) is 10.0. The number of allylic oxidation sites excluding steroid dienone is 3. The van der Waals surface area contributed by atoms with Crippen molar-refractivity contribution in [2.75, 3.05) is 0 Å². The zero-order chi connectivity index (χ0) is 26.3. The van der Waals surface area contributed by atoms with Gasteiger partial charge in [0.25, 0.3) is 0 Å². The van der Waals surface area contributed by atoms with Crippen LogP contribution in [0, 0.1) is 23.2 Å². The van der Waals surface area contributed by atoms with Gasteiger partial charge in [0.05, 0.1) is 16.8 Å². The van der Waals surface area contributed by atoms with Gasteiger partial charge in [-0.1, -0.05) is 25.5 Å². The maximum absolute atomic E-state index is 13.2. The SMILES string of the molecule is CC(C)(O)CCCC(C)(OC(C)(C)O)C1CCCC2C(=CC(=O)C3CC=CCC32C)C(C)(O)CC1. The number of ether oxygens (including phenoxy) is 1. The predicted molar refractivity (Wildman–Crippen MR) is 140 cm³/mol. The van der Waals surface area contributed by atoms with Gasteiger partial charge in [-0.25, -0.2) is 0 Å². The Hall–Kier alpha value is -1.01. The van der Waals surface area contributed by atoms with E-state index >= 15 is 0 Å². The van der Waals surface area contributed by atoms with E-state index in [1.807, 2.05) is 20.8 Å². The largest absolute Gasteiger partial charge is 0.390 e. The third kappa shape index (κ3) is 6.66. The first-order valence-electron chi connectivity index (χ1n) is 13.8. The number of hydrogen-bond donors (Lipinski definition) is 3. The minimum absolute atomic E-state index is 0.000719. The minimum atomic E-state index is -1.28. The first kappa shape index (κ1) is 28.6. The topological polar surface area (TPSA) is 87.0 Å². The highest BCUT2D eigenvalue weighted by molar-refractivity contribution is 5.95. The molecule has 35 heavy (non-hydrogen) atoms. The van der Waals surface area contributed by atoms with Gasteiger partial charge in [-0.05, 0) is 128 Å². The zero-order valence-corrected chi connectivity index (χ0v) is 23.2. The summed E-state index contributed by atoms with van der Waals surface area (Å²) in [5, 5.41) is 32.6. The smallest absolute Gasteiger partial charge is 0.160 e. The highest BCUT2D eigenvalue weighted by Gasteiger charge is 2.52. The van der Waals surface area contributed by atoms with E-state index in [9.17, 15) is 20.1 Å². The van der Waals surface area contributed by atoms with Crippen LogP contribution in [0.1, 0.15) is 113 Å². The van der Waals surface area contributed by atoms with Gasteiger partial charge in [-0.3, -0.25) is 4.79 Å². The minimum Gasteiger partial charge on any atom is -0.390 e. The van der Waals surface area contributed by atoms with Gasteiger partial charge in [-0.15, -0.1) is 0 Å². The molecule has 0 spiro atoms. The Morgan fingerprint density at radius 1 is 1.00 bits per heavy atom. The summed E-state index contributed by atoms with van der Waals surface area (Å²) in [6.45, 7) is 13.2. The Labute approximate surface area is 213 Å². The fourth-order valence-electron chi connectivity index (χ4n) is 7.24. The van der Waals surface area contributed by atoms with Crippen molar-refractivity contribution in [1.82, 2.24) is 0 Å². The van der Waals surface area contributed by atoms with Crippen LogP contribution in [0.3, 0.4) is 0 Å². The lowest BCUT2D eigenvalue weighted by molar-refractivity contribution is -0.260. The van der Waals surface area contributed by atoms with Crippen LogP contribution in [0.2, 0.25) is 0 Å². The van der Waals surface area contributed by atoms with Crippen LogP contribution < -0.4 is 0 Å². The molecule has 5 nitrogen and oxygen atoms in total. The number of rotatable bonds is 7. The molecule has 0 bridgehead atoms. The van der Waals surface area contributed by atoms with Crippen LogP contribution >= 0.6 is 0 Å². The van der Waals surface area contributed by atoms with Crippen molar-refractivity contribution >= 4 is 5.78 Å². The standard InChI is InChI=1S/C30H50O5/c1-26(2,32)16-11-18-30(7,35-27(3,4)33)21-12-10-14-22-24(29(6,34)19-15-21)20-25(31)23-13-8-9-17-28(22,23)5/h8-9,20-23,32-34H,10-19H2,1-7H3. The maximum Gasteiger partial charge on any atom is 0.160 e. The Morgan fingerprint density at radius 3 is 2.31 bits per heavy atom. The van der Waals surface area contributed by atoms with E-state index in [2.05, 4.69) is 26.0 Å². The summed E-state index contributed by atoms with van der Waals surface area (Å²) in [7, 11) is 0. The lowest BCUT2D eigenvalue weighted by atomic mass is 9.54. The molecule has 0 aliphatic heterocycles. The Morgan fingerprint density at radius 2 is 1.69 bits per heavy atom. The van der Waals surface area contributed by atoms with Gasteiger partial charge in [0.1, 0.15) is 0 Å². The van der Waals surface area contributed by atoms with Gasteiger partial charge in [-0.2, -0.15) is 0 Å². The molecule has 1 saturated carbocycles. The summed E-state index contributed by atoms with van der Waals surface area (Å²) in [5.41, 5.74) is -1.61. The van der Waals surface area contributed by atoms with E-state index in [0.717, 1.165) is 56.9 Å². The molecule has 3 rings (SSSR count). The number of carbonyl (C=O) groups excluding carboxylic acids is 1. The van der Waals surface area contributed by atoms with Gasteiger partial charge in [0, 0.05) is 5.92 Å². The van der Waals surface area contributed by atoms with Crippen molar-refractivity contribution in [3.8, 4) is 0 Å². The molecule has 0 aromatic rings. The van der Waals surface area contributed by atoms with Crippen LogP contribution in [0.15, 0.2) is 23.8 Å². The maximum atomic E-state index is 13.2. The third-order valence-electron chi connectivity index (χ3n) is 9.16. The molecule has 3 N–H and O–H groups in total. The molecular formula is C30H50O5. The molecule has 6 unspecified atom stereocenters. The van der Waals surface area contributed by atoms with Crippen molar-refractivity contribution in [2.45, 2.75) is 135 Å². The fourth-order valence-corrected chi connectivity index (χ4v) is 7.24. The summed E-state index contributed by atoms with van der Waals surface area (Å²) in [6.07, 6.45) is 14.2. The molecule has 6 atom stereocenters. The molecule has 1 fully saturated rings. The van der Waals surface area contributed by atoms with Crippen LogP contribution in [0.25, 0.3) is 0 Å². The third-order valence-corrected chi connectivity index (χ3v) is 9.16. The molecule has 0 aromatic carbocycles. The molecule has 3 aliphatic rings. The average Bonchev–Trinajstić information content (AvgIpc) is 2.74. The first-order chi connectivity index (χ1) is 16.0. The second-order valence-electron chi connectivity index (χ2n) is 13.5.